The van der Waals surface area contributed by atoms with Crippen LogP contribution in [0.2, 0.25) is 5.02 Å². The molecule has 0 fully saturated rings. The molecule has 146 valence electrons. The highest BCUT2D eigenvalue weighted by Gasteiger charge is 2.30. The van der Waals surface area contributed by atoms with Crippen LogP contribution in [0.1, 0.15) is 15.9 Å². The molecule has 2 heterocycles. The third-order valence-electron chi connectivity index (χ3n) is 4.31. The van der Waals surface area contributed by atoms with Crippen molar-refractivity contribution in [3.63, 3.8) is 0 Å². The summed E-state index contributed by atoms with van der Waals surface area (Å²) in [7, 11) is 0. The zero-order valence-electron chi connectivity index (χ0n) is 14.7. The van der Waals surface area contributed by atoms with E-state index in [1.54, 1.807) is 47.0 Å². The third kappa shape index (κ3) is 4.09. The highest BCUT2D eigenvalue weighted by Crippen LogP contribution is 2.30. The summed E-state index contributed by atoms with van der Waals surface area (Å²) in [5, 5.41) is 3.19. The highest BCUT2D eigenvalue weighted by molar-refractivity contribution is 6.30. The molecule has 4 rings (SSSR count). The summed E-state index contributed by atoms with van der Waals surface area (Å²) in [5.74, 6) is -0.619. The molecule has 0 aliphatic rings. The molecule has 29 heavy (non-hydrogen) atoms. The van der Waals surface area contributed by atoms with Crippen molar-refractivity contribution >= 4 is 28.8 Å². The van der Waals surface area contributed by atoms with Crippen LogP contribution in [0, 0.1) is 0 Å². The van der Waals surface area contributed by atoms with E-state index in [-0.39, 0.29) is 5.56 Å². The first-order valence-electron chi connectivity index (χ1n) is 8.53. The number of nitrogens with zero attached hydrogens (tertiary/aromatic N) is 2. The van der Waals surface area contributed by atoms with Gasteiger partial charge in [-0.15, -0.1) is 0 Å². The molecule has 1 amide bonds. The van der Waals surface area contributed by atoms with Gasteiger partial charge in [0.1, 0.15) is 5.65 Å². The lowest BCUT2D eigenvalue weighted by Crippen LogP contribution is -2.13. The topological polar surface area (TPSA) is 46.4 Å². The van der Waals surface area contributed by atoms with Gasteiger partial charge in [-0.2, -0.15) is 13.2 Å². The molecule has 0 aliphatic heterocycles. The van der Waals surface area contributed by atoms with Crippen LogP contribution >= 0.6 is 11.6 Å². The predicted octanol–water partition coefficient (Wildman–Crippen LogP) is 5.93. The number of hydrogen-bond donors (Lipinski definition) is 1. The lowest BCUT2D eigenvalue weighted by Gasteiger charge is -2.09. The van der Waals surface area contributed by atoms with Gasteiger partial charge in [-0.05, 0) is 42.5 Å². The van der Waals surface area contributed by atoms with Crippen molar-refractivity contribution in [2.75, 3.05) is 5.32 Å². The molecule has 4 aromatic rings. The molecule has 4 nitrogen and oxygen atoms in total. The molecule has 0 unspecified atom stereocenters. The van der Waals surface area contributed by atoms with Gasteiger partial charge in [0.2, 0.25) is 0 Å². The number of anilines is 1. The van der Waals surface area contributed by atoms with E-state index in [4.69, 9.17) is 11.6 Å². The fourth-order valence-electron chi connectivity index (χ4n) is 2.87. The third-order valence-corrected chi connectivity index (χ3v) is 4.53. The number of alkyl halides is 3. The van der Waals surface area contributed by atoms with Crippen molar-refractivity contribution in [3.05, 3.63) is 89.2 Å². The first-order valence-corrected chi connectivity index (χ1v) is 8.91. The van der Waals surface area contributed by atoms with Crippen LogP contribution in [0.4, 0.5) is 18.9 Å². The zero-order valence-corrected chi connectivity index (χ0v) is 15.5. The fourth-order valence-corrected chi connectivity index (χ4v) is 3.04. The van der Waals surface area contributed by atoms with Gasteiger partial charge in [0.05, 0.1) is 16.3 Å². The summed E-state index contributed by atoms with van der Waals surface area (Å²) in [6.07, 6.45) is -0.926. The maximum absolute atomic E-state index is 12.8. The molecule has 0 saturated carbocycles. The molecule has 2 aromatic heterocycles. The number of carbonyl (C=O) groups excluding carboxylic acids is 1. The number of halogens is 4. The van der Waals surface area contributed by atoms with Crippen LogP contribution in [0.25, 0.3) is 16.9 Å². The van der Waals surface area contributed by atoms with Gasteiger partial charge in [-0.1, -0.05) is 29.8 Å². The quantitative estimate of drug-likeness (QED) is 0.451. The molecule has 8 heteroatoms. The molecule has 0 saturated heterocycles. The smallest absolute Gasteiger partial charge is 0.322 e. The minimum absolute atomic E-state index is 0.0684. The predicted molar refractivity (Wildman–Crippen MR) is 105 cm³/mol. The van der Waals surface area contributed by atoms with Crippen LogP contribution in [-0.2, 0) is 6.18 Å². The number of carbonyl (C=O) groups is 1. The average Bonchev–Trinajstić information content (AvgIpc) is 3.11. The Morgan fingerprint density at radius 3 is 2.48 bits per heavy atom. The van der Waals surface area contributed by atoms with Gasteiger partial charge in [0, 0.05) is 29.2 Å². The Morgan fingerprint density at radius 2 is 1.76 bits per heavy atom. The number of fused-ring (bicyclic) bond motifs is 1. The first kappa shape index (κ1) is 19.0. The number of benzene rings is 2. The van der Waals surface area contributed by atoms with Crippen LogP contribution in [0.3, 0.4) is 0 Å². The Bertz CT molecular complexity index is 1200. The van der Waals surface area contributed by atoms with E-state index in [1.165, 1.54) is 12.1 Å². The van der Waals surface area contributed by atoms with Gasteiger partial charge >= 0.3 is 6.18 Å². The summed E-state index contributed by atoms with van der Waals surface area (Å²) < 4.78 is 40.3. The van der Waals surface area contributed by atoms with E-state index in [9.17, 15) is 18.0 Å². The molecule has 0 spiro atoms. The number of rotatable bonds is 3. The fraction of sp³-hybridized carbons (Fsp3) is 0.0476. The standard InChI is InChI=1S/C21H13ClF3N3O/c22-16-6-9-19-27-18(12-28(19)11-16)13-4-7-17(8-5-13)26-20(29)14-2-1-3-15(10-14)21(23,24)25/h1-12H,(H,26,29). The van der Waals surface area contributed by atoms with E-state index in [0.717, 1.165) is 29.0 Å². The number of nitrogens with one attached hydrogen (secondary N) is 1. The van der Waals surface area contributed by atoms with E-state index in [1.807, 2.05) is 6.20 Å². The number of hydrogen-bond acceptors (Lipinski definition) is 2. The Morgan fingerprint density at radius 1 is 1.00 bits per heavy atom. The Labute approximate surface area is 168 Å². The van der Waals surface area contributed by atoms with Crippen molar-refractivity contribution in [2.45, 2.75) is 6.18 Å². The van der Waals surface area contributed by atoms with Crippen molar-refractivity contribution in [1.82, 2.24) is 9.38 Å². The number of aromatic nitrogens is 2. The van der Waals surface area contributed by atoms with E-state index < -0.39 is 17.6 Å². The van der Waals surface area contributed by atoms with Crippen molar-refractivity contribution < 1.29 is 18.0 Å². The van der Waals surface area contributed by atoms with Gasteiger partial charge in [0.25, 0.3) is 5.91 Å². The lowest BCUT2D eigenvalue weighted by atomic mass is 10.1. The summed E-state index contributed by atoms with van der Waals surface area (Å²) in [4.78, 5) is 16.8. The Kier molecular flexibility index (Phi) is 4.76. The van der Waals surface area contributed by atoms with Crippen LogP contribution in [0.15, 0.2) is 73.1 Å². The summed E-state index contributed by atoms with van der Waals surface area (Å²) >= 11 is 5.98. The monoisotopic (exact) mass is 415 g/mol. The largest absolute Gasteiger partial charge is 0.416 e. The molecule has 1 N–H and O–H groups in total. The Balaban J connectivity index is 1.52. The molecular formula is C21H13ClF3N3O. The molecular weight excluding hydrogens is 403 g/mol. The zero-order chi connectivity index (χ0) is 20.6. The molecule has 0 aliphatic carbocycles. The summed E-state index contributed by atoms with van der Waals surface area (Å²) in [5.41, 5.74) is 1.81. The SMILES string of the molecule is O=C(Nc1ccc(-c2cn3cc(Cl)ccc3n2)cc1)c1cccc(C(F)(F)F)c1. The van der Waals surface area contributed by atoms with Gasteiger partial charge in [0.15, 0.2) is 0 Å². The van der Waals surface area contributed by atoms with E-state index in [2.05, 4.69) is 10.3 Å². The molecule has 2 aromatic carbocycles. The van der Waals surface area contributed by atoms with Crippen molar-refractivity contribution in [2.24, 2.45) is 0 Å². The summed E-state index contributed by atoms with van der Waals surface area (Å²) in [6, 6.07) is 14.7. The number of pyridine rings is 1. The number of amides is 1. The molecule has 0 bridgehead atoms. The highest BCUT2D eigenvalue weighted by atomic mass is 35.5. The van der Waals surface area contributed by atoms with Crippen LogP contribution < -0.4 is 5.32 Å². The van der Waals surface area contributed by atoms with Gasteiger partial charge in [-0.25, -0.2) is 4.98 Å². The second-order valence-electron chi connectivity index (χ2n) is 6.35. The normalized spacial score (nSPS) is 11.6. The van der Waals surface area contributed by atoms with Crippen molar-refractivity contribution in [3.8, 4) is 11.3 Å². The maximum atomic E-state index is 12.8. The molecule has 0 atom stereocenters. The second kappa shape index (κ2) is 7.25. The van der Waals surface area contributed by atoms with E-state index >= 15 is 0 Å². The Hall–Kier alpha value is -3.32. The van der Waals surface area contributed by atoms with Gasteiger partial charge < -0.3 is 9.72 Å². The van der Waals surface area contributed by atoms with Gasteiger partial charge in [-0.3, -0.25) is 4.79 Å². The number of imidazole rings is 1. The minimum Gasteiger partial charge on any atom is -0.322 e. The second-order valence-corrected chi connectivity index (χ2v) is 6.79. The average molecular weight is 416 g/mol. The minimum atomic E-state index is -4.50. The summed E-state index contributed by atoms with van der Waals surface area (Å²) in [6.45, 7) is 0. The van der Waals surface area contributed by atoms with Crippen LogP contribution in [0.5, 0.6) is 0 Å². The molecule has 0 radical (unpaired) electrons. The lowest BCUT2D eigenvalue weighted by molar-refractivity contribution is -0.137. The maximum Gasteiger partial charge on any atom is 0.416 e. The first-order chi connectivity index (χ1) is 13.8. The van der Waals surface area contributed by atoms with E-state index in [0.29, 0.717) is 10.7 Å². The van der Waals surface area contributed by atoms with Crippen molar-refractivity contribution in [1.29, 1.82) is 0 Å². The van der Waals surface area contributed by atoms with Crippen LogP contribution in [-0.4, -0.2) is 15.3 Å².